The highest BCUT2D eigenvalue weighted by atomic mass is 16.5. The normalized spacial score (nSPS) is 11.4. The van der Waals surface area contributed by atoms with E-state index in [4.69, 9.17) is 14.2 Å². The van der Waals surface area contributed by atoms with Gasteiger partial charge in [-0.05, 0) is 60.7 Å². The first-order chi connectivity index (χ1) is 17.0. The number of hydrogen-bond acceptors (Lipinski definition) is 5. The minimum Gasteiger partial charge on any atom is -0.496 e. The summed E-state index contributed by atoms with van der Waals surface area (Å²) in [7, 11) is 1.54. The van der Waals surface area contributed by atoms with Crippen LogP contribution in [0.25, 0.3) is 0 Å². The summed E-state index contributed by atoms with van der Waals surface area (Å²) in [5.41, 5.74) is 3.38. The van der Waals surface area contributed by atoms with E-state index in [0.29, 0.717) is 43.9 Å². The molecule has 6 nitrogen and oxygen atoms in total. The van der Waals surface area contributed by atoms with Gasteiger partial charge in [-0.1, -0.05) is 55.5 Å². The standard InChI is InChI=1S/C29H33NO5/c1-4-24(29(32)34-5-2)17-23-13-16-27(33-3)26(18-23)28(31)30-19-21-11-14-25(15-12-21)35-20-22-9-7-6-8-10-22/h6-16,18,24H,4-5,17,19-20H2,1-3H3,(H,30,31). The predicted octanol–water partition coefficient (Wildman–Crippen LogP) is 5.34. The molecule has 1 amide bonds. The molecule has 0 saturated carbocycles. The Morgan fingerprint density at radius 3 is 2.26 bits per heavy atom. The van der Waals surface area contributed by atoms with Crippen LogP contribution >= 0.6 is 0 Å². The van der Waals surface area contributed by atoms with E-state index in [9.17, 15) is 9.59 Å². The van der Waals surface area contributed by atoms with E-state index in [-0.39, 0.29) is 17.8 Å². The van der Waals surface area contributed by atoms with Gasteiger partial charge in [-0.15, -0.1) is 0 Å². The molecule has 3 rings (SSSR count). The summed E-state index contributed by atoms with van der Waals surface area (Å²) in [4.78, 5) is 25.1. The maximum absolute atomic E-state index is 13.0. The first-order valence-corrected chi connectivity index (χ1v) is 11.9. The third-order valence-electron chi connectivity index (χ3n) is 5.73. The van der Waals surface area contributed by atoms with Gasteiger partial charge in [0.25, 0.3) is 5.91 Å². The molecule has 6 heteroatoms. The molecule has 184 valence electrons. The zero-order chi connectivity index (χ0) is 25.0. The van der Waals surface area contributed by atoms with Gasteiger partial charge in [-0.25, -0.2) is 0 Å². The van der Waals surface area contributed by atoms with Gasteiger partial charge in [0, 0.05) is 6.54 Å². The molecule has 0 aliphatic carbocycles. The van der Waals surface area contributed by atoms with Crippen LogP contribution in [0.1, 0.15) is 47.3 Å². The number of hydrogen-bond donors (Lipinski definition) is 1. The van der Waals surface area contributed by atoms with Crippen molar-refractivity contribution in [2.24, 2.45) is 5.92 Å². The van der Waals surface area contributed by atoms with E-state index in [1.807, 2.05) is 67.6 Å². The zero-order valence-corrected chi connectivity index (χ0v) is 20.6. The predicted molar refractivity (Wildman–Crippen MR) is 135 cm³/mol. The Kier molecular flexibility index (Phi) is 9.72. The number of esters is 1. The lowest BCUT2D eigenvalue weighted by atomic mass is 9.95. The molecule has 3 aromatic carbocycles. The second-order valence-electron chi connectivity index (χ2n) is 8.20. The topological polar surface area (TPSA) is 73.9 Å². The summed E-state index contributed by atoms with van der Waals surface area (Å²) in [6.45, 7) is 4.97. The van der Waals surface area contributed by atoms with E-state index in [1.54, 1.807) is 19.1 Å². The largest absolute Gasteiger partial charge is 0.496 e. The molecular weight excluding hydrogens is 442 g/mol. The summed E-state index contributed by atoms with van der Waals surface area (Å²) in [5.74, 6) is 0.553. The molecule has 0 aliphatic rings. The van der Waals surface area contributed by atoms with Crippen LogP contribution in [0, 0.1) is 5.92 Å². The van der Waals surface area contributed by atoms with Crippen LogP contribution in [0.2, 0.25) is 0 Å². The summed E-state index contributed by atoms with van der Waals surface area (Å²) in [5, 5.41) is 2.95. The number of carbonyl (C=O) groups is 2. The van der Waals surface area contributed by atoms with Gasteiger partial charge in [0.05, 0.1) is 25.2 Å². The summed E-state index contributed by atoms with van der Waals surface area (Å²) in [6.07, 6.45) is 1.17. The highest BCUT2D eigenvalue weighted by Crippen LogP contribution is 2.23. The number of rotatable bonds is 12. The summed E-state index contributed by atoms with van der Waals surface area (Å²) < 4.78 is 16.4. The molecule has 1 atom stereocenters. The monoisotopic (exact) mass is 475 g/mol. The molecule has 0 radical (unpaired) electrons. The number of carbonyl (C=O) groups excluding carboxylic acids is 2. The number of ether oxygens (including phenoxy) is 3. The first-order valence-electron chi connectivity index (χ1n) is 11.9. The molecular formula is C29H33NO5. The van der Waals surface area contributed by atoms with Crippen LogP contribution in [0.15, 0.2) is 72.8 Å². The van der Waals surface area contributed by atoms with Crippen molar-refractivity contribution in [3.63, 3.8) is 0 Å². The van der Waals surface area contributed by atoms with Crippen molar-refractivity contribution in [2.75, 3.05) is 13.7 Å². The van der Waals surface area contributed by atoms with Gasteiger partial charge in [-0.3, -0.25) is 9.59 Å². The summed E-state index contributed by atoms with van der Waals surface area (Å²) >= 11 is 0. The molecule has 1 unspecified atom stereocenters. The molecule has 0 aliphatic heterocycles. The maximum Gasteiger partial charge on any atom is 0.309 e. The van der Waals surface area contributed by atoms with E-state index in [0.717, 1.165) is 22.4 Å². The summed E-state index contributed by atoms with van der Waals surface area (Å²) in [6, 6.07) is 23.1. The third kappa shape index (κ3) is 7.60. The van der Waals surface area contributed by atoms with E-state index in [2.05, 4.69) is 5.32 Å². The van der Waals surface area contributed by atoms with E-state index >= 15 is 0 Å². The van der Waals surface area contributed by atoms with E-state index < -0.39 is 0 Å². The van der Waals surface area contributed by atoms with Gasteiger partial charge in [0.1, 0.15) is 18.1 Å². The van der Waals surface area contributed by atoms with Crippen molar-refractivity contribution in [1.82, 2.24) is 5.32 Å². The number of nitrogens with one attached hydrogen (secondary N) is 1. The van der Waals surface area contributed by atoms with Crippen LogP contribution in [-0.2, 0) is 29.1 Å². The highest BCUT2D eigenvalue weighted by molar-refractivity contribution is 5.97. The van der Waals surface area contributed by atoms with Crippen LogP contribution in [0.5, 0.6) is 11.5 Å². The average molecular weight is 476 g/mol. The van der Waals surface area contributed by atoms with Gasteiger partial charge in [0.2, 0.25) is 0 Å². The lowest BCUT2D eigenvalue weighted by Crippen LogP contribution is -2.24. The third-order valence-corrected chi connectivity index (χ3v) is 5.73. The molecule has 0 heterocycles. The number of methoxy groups -OCH3 is 1. The zero-order valence-electron chi connectivity index (χ0n) is 20.6. The van der Waals surface area contributed by atoms with Gasteiger partial charge < -0.3 is 19.5 Å². The van der Waals surface area contributed by atoms with E-state index in [1.165, 1.54) is 7.11 Å². The molecule has 0 aromatic heterocycles. The Hall–Kier alpha value is -3.80. The lowest BCUT2D eigenvalue weighted by molar-refractivity contribution is -0.148. The maximum atomic E-state index is 13.0. The van der Waals surface area contributed by atoms with Crippen molar-refractivity contribution in [3.05, 3.63) is 95.1 Å². The second kappa shape index (κ2) is 13.2. The Labute approximate surface area is 207 Å². The molecule has 1 N–H and O–H groups in total. The molecule has 0 saturated heterocycles. The van der Waals surface area contributed by atoms with Gasteiger partial charge in [0.15, 0.2) is 0 Å². The highest BCUT2D eigenvalue weighted by Gasteiger charge is 2.20. The molecule has 35 heavy (non-hydrogen) atoms. The van der Waals surface area contributed by atoms with Crippen LogP contribution in [0.4, 0.5) is 0 Å². The van der Waals surface area contributed by atoms with Crippen molar-refractivity contribution in [1.29, 1.82) is 0 Å². The number of benzene rings is 3. The molecule has 3 aromatic rings. The fourth-order valence-electron chi connectivity index (χ4n) is 3.72. The first kappa shape index (κ1) is 25.8. The Bertz CT molecular complexity index is 1100. The van der Waals surface area contributed by atoms with Crippen LogP contribution in [-0.4, -0.2) is 25.6 Å². The fourth-order valence-corrected chi connectivity index (χ4v) is 3.72. The minimum absolute atomic E-state index is 0.215. The quantitative estimate of drug-likeness (QED) is 0.358. The van der Waals surface area contributed by atoms with Crippen LogP contribution < -0.4 is 14.8 Å². The Balaban J connectivity index is 1.60. The molecule has 0 fully saturated rings. The Morgan fingerprint density at radius 2 is 1.60 bits per heavy atom. The molecule has 0 bridgehead atoms. The number of amides is 1. The van der Waals surface area contributed by atoms with Crippen molar-refractivity contribution >= 4 is 11.9 Å². The van der Waals surface area contributed by atoms with Gasteiger partial charge >= 0.3 is 5.97 Å². The Morgan fingerprint density at radius 1 is 0.886 bits per heavy atom. The van der Waals surface area contributed by atoms with Crippen molar-refractivity contribution in [2.45, 2.75) is 39.8 Å². The lowest BCUT2D eigenvalue weighted by Gasteiger charge is -2.15. The van der Waals surface area contributed by atoms with Crippen molar-refractivity contribution in [3.8, 4) is 11.5 Å². The van der Waals surface area contributed by atoms with Crippen molar-refractivity contribution < 1.29 is 23.8 Å². The smallest absolute Gasteiger partial charge is 0.309 e. The fraction of sp³-hybridized carbons (Fsp3) is 0.310. The van der Waals surface area contributed by atoms with Crippen LogP contribution in [0.3, 0.4) is 0 Å². The second-order valence-corrected chi connectivity index (χ2v) is 8.20. The molecule has 0 spiro atoms. The minimum atomic E-state index is -0.248. The van der Waals surface area contributed by atoms with Gasteiger partial charge in [-0.2, -0.15) is 0 Å². The SMILES string of the molecule is CCOC(=O)C(CC)Cc1ccc(OC)c(C(=O)NCc2ccc(OCc3ccccc3)cc2)c1. The average Bonchev–Trinajstić information content (AvgIpc) is 2.90.